The average Bonchev–Trinajstić information content (AvgIpc) is 3.68. The first-order chi connectivity index (χ1) is 17.9. The number of benzene rings is 2. The first-order valence-electron chi connectivity index (χ1n) is 14.2. The van der Waals surface area contributed by atoms with Gasteiger partial charge in [-0.05, 0) is 61.5 Å². The van der Waals surface area contributed by atoms with Gasteiger partial charge in [0.25, 0.3) is 0 Å². The number of nitrogens with zero attached hydrogens (tertiary/aromatic N) is 1. The number of Topliss-reactive ketones (excluding diaryl/α,β-unsaturated/α-hetero) is 1. The van der Waals surface area contributed by atoms with Gasteiger partial charge in [-0.15, -0.1) is 0 Å². The third kappa shape index (κ3) is 4.97. The minimum atomic E-state index is -0.573. The van der Waals surface area contributed by atoms with Crippen LogP contribution in [0.2, 0.25) is 0 Å². The maximum Gasteiger partial charge on any atom is 0.229 e. The van der Waals surface area contributed by atoms with E-state index < -0.39 is 5.54 Å². The Morgan fingerprint density at radius 3 is 2.32 bits per heavy atom. The van der Waals surface area contributed by atoms with Gasteiger partial charge in [-0.25, -0.2) is 0 Å². The van der Waals surface area contributed by atoms with Crippen molar-refractivity contribution < 1.29 is 14.4 Å². The molecule has 1 unspecified atom stereocenters. The molecule has 37 heavy (non-hydrogen) atoms. The van der Waals surface area contributed by atoms with Crippen molar-refractivity contribution in [3.8, 4) is 0 Å². The lowest BCUT2D eigenvalue weighted by Crippen LogP contribution is -2.72. The number of β-lactam (4-membered cyclic amide) rings is 1. The van der Waals surface area contributed by atoms with Gasteiger partial charge < -0.3 is 10.2 Å². The Morgan fingerprint density at radius 1 is 0.973 bits per heavy atom. The molecular formula is C32H40N2O3. The first kappa shape index (κ1) is 25.7. The Hall–Kier alpha value is -2.95. The quantitative estimate of drug-likeness (QED) is 0.509. The molecular weight excluding hydrogens is 460 g/mol. The molecule has 5 heteroatoms. The van der Waals surface area contributed by atoms with Crippen LogP contribution >= 0.6 is 0 Å². The monoisotopic (exact) mass is 500 g/mol. The number of fused-ring (bicyclic) bond motifs is 1. The third-order valence-corrected chi connectivity index (χ3v) is 8.73. The van der Waals surface area contributed by atoms with E-state index in [-0.39, 0.29) is 29.7 Å². The largest absolute Gasteiger partial charge is 0.356 e. The zero-order valence-corrected chi connectivity index (χ0v) is 22.2. The summed E-state index contributed by atoms with van der Waals surface area (Å²) in [7, 11) is 0. The van der Waals surface area contributed by atoms with E-state index in [0.29, 0.717) is 17.6 Å². The highest BCUT2D eigenvalue weighted by atomic mass is 16.2. The van der Waals surface area contributed by atoms with Crippen molar-refractivity contribution in [3.05, 3.63) is 71.8 Å². The zero-order chi connectivity index (χ0) is 26.0. The number of amides is 2. The van der Waals surface area contributed by atoms with Crippen LogP contribution in [-0.2, 0) is 14.4 Å². The Balaban J connectivity index is 0.000000301. The number of hydrogen-bond acceptors (Lipinski definition) is 3. The van der Waals surface area contributed by atoms with E-state index in [1.165, 1.54) is 12.0 Å². The molecule has 4 aliphatic rings. The predicted octanol–water partition coefficient (Wildman–Crippen LogP) is 5.81. The lowest BCUT2D eigenvalue weighted by atomic mass is 9.66. The van der Waals surface area contributed by atoms with Gasteiger partial charge in [0.1, 0.15) is 5.54 Å². The summed E-state index contributed by atoms with van der Waals surface area (Å²) in [6, 6.07) is 20.7. The maximum atomic E-state index is 13.9. The van der Waals surface area contributed by atoms with E-state index in [4.69, 9.17) is 0 Å². The smallest absolute Gasteiger partial charge is 0.229 e. The van der Waals surface area contributed by atoms with Crippen LogP contribution in [0.1, 0.15) is 88.3 Å². The summed E-state index contributed by atoms with van der Waals surface area (Å²) in [6.07, 6.45) is 7.62. The van der Waals surface area contributed by atoms with Crippen LogP contribution in [0.4, 0.5) is 0 Å². The van der Waals surface area contributed by atoms with E-state index >= 15 is 0 Å². The van der Waals surface area contributed by atoms with E-state index in [1.807, 2.05) is 29.2 Å². The van der Waals surface area contributed by atoms with Gasteiger partial charge in [0.15, 0.2) is 5.78 Å². The molecule has 6 rings (SSSR count). The molecule has 2 aromatic carbocycles. The standard InChI is InChI=1S/C26H29NO2.C6H11NO/c1-17(2)15-22-25(29)27-23(19-11-7-4-8-12-19)13-14-26(22,27)24(28)21-16-20(21)18-9-5-3-6-10-18;8-6-4-2-1-3-5-7-6/h3-12,17,20-23H,13-16H2,1-2H3;1-5H2,(H,7,8)/t20-,21+,22+,23-,26?;/m0./s1. The van der Waals surface area contributed by atoms with Crippen molar-refractivity contribution >= 4 is 17.6 Å². The zero-order valence-electron chi connectivity index (χ0n) is 22.2. The number of ketones is 1. The van der Waals surface area contributed by atoms with E-state index in [1.54, 1.807) is 0 Å². The van der Waals surface area contributed by atoms with Gasteiger partial charge in [-0.3, -0.25) is 14.4 Å². The van der Waals surface area contributed by atoms with Crippen LogP contribution in [0.5, 0.6) is 0 Å². The summed E-state index contributed by atoms with van der Waals surface area (Å²) >= 11 is 0. The van der Waals surface area contributed by atoms with Gasteiger partial charge >= 0.3 is 0 Å². The average molecular weight is 501 g/mol. The second-order valence-electron chi connectivity index (χ2n) is 11.7. The molecule has 0 aromatic heterocycles. The topological polar surface area (TPSA) is 66.5 Å². The summed E-state index contributed by atoms with van der Waals surface area (Å²) < 4.78 is 0. The van der Waals surface area contributed by atoms with Crippen molar-refractivity contribution in [3.63, 3.8) is 0 Å². The molecule has 3 heterocycles. The number of rotatable bonds is 6. The van der Waals surface area contributed by atoms with Crippen LogP contribution in [-0.4, -0.2) is 34.6 Å². The molecule has 0 spiro atoms. The summed E-state index contributed by atoms with van der Waals surface area (Å²) in [4.78, 5) is 39.7. The van der Waals surface area contributed by atoms with E-state index in [9.17, 15) is 14.4 Å². The van der Waals surface area contributed by atoms with E-state index in [2.05, 4.69) is 55.6 Å². The Kier molecular flexibility index (Phi) is 7.50. The van der Waals surface area contributed by atoms with Crippen LogP contribution < -0.4 is 5.32 Å². The maximum absolute atomic E-state index is 13.9. The fourth-order valence-corrected chi connectivity index (χ4v) is 6.83. The number of hydrogen-bond donors (Lipinski definition) is 1. The molecule has 1 N–H and O–H groups in total. The molecule has 1 saturated carbocycles. The van der Waals surface area contributed by atoms with Crippen molar-refractivity contribution in [1.82, 2.24) is 10.2 Å². The lowest BCUT2D eigenvalue weighted by molar-refractivity contribution is -0.178. The summed E-state index contributed by atoms with van der Waals surface area (Å²) in [5, 5.41) is 2.81. The van der Waals surface area contributed by atoms with Crippen LogP contribution in [0.25, 0.3) is 0 Å². The second-order valence-corrected chi connectivity index (χ2v) is 11.7. The van der Waals surface area contributed by atoms with Gasteiger partial charge in [-0.2, -0.15) is 0 Å². The molecule has 1 aliphatic carbocycles. The molecule has 5 nitrogen and oxygen atoms in total. The highest BCUT2D eigenvalue weighted by Crippen LogP contribution is 2.61. The normalized spacial score (nSPS) is 30.4. The molecule has 3 saturated heterocycles. The lowest BCUT2D eigenvalue weighted by Gasteiger charge is -2.55. The first-order valence-corrected chi connectivity index (χ1v) is 14.2. The fraction of sp³-hybridized carbons (Fsp3) is 0.531. The number of nitrogens with one attached hydrogen (secondary N) is 1. The molecule has 0 bridgehead atoms. The molecule has 5 atom stereocenters. The number of carbonyl (C=O) groups is 3. The SMILES string of the molecule is CC(C)C[C@@H]1C(=O)N2[C@H](c3ccccc3)CCC12C(=O)[C@@H]1C[C@H]1c1ccccc1.O=C1CCCCCN1. The van der Waals surface area contributed by atoms with Crippen LogP contribution in [0.15, 0.2) is 60.7 Å². The molecule has 196 valence electrons. The summed E-state index contributed by atoms with van der Waals surface area (Å²) in [5.74, 6) is 1.41. The second kappa shape index (κ2) is 10.8. The van der Waals surface area contributed by atoms with Crippen molar-refractivity contribution in [2.45, 2.75) is 82.7 Å². The highest BCUT2D eigenvalue weighted by Gasteiger charge is 2.71. The van der Waals surface area contributed by atoms with Crippen LogP contribution in [0.3, 0.4) is 0 Å². The molecule has 3 aliphatic heterocycles. The Morgan fingerprint density at radius 2 is 1.65 bits per heavy atom. The van der Waals surface area contributed by atoms with Gasteiger partial charge in [0, 0.05) is 18.9 Å². The fourth-order valence-electron chi connectivity index (χ4n) is 6.83. The summed E-state index contributed by atoms with van der Waals surface area (Å²) in [5.41, 5.74) is 1.85. The highest BCUT2D eigenvalue weighted by molar-refractivity contribution is 6.07. The van der Waals surface area contributed by atoms with Gasteiger partial charge in [-0.1, -0.05) is 80.9 Å². The van der Waals surface area contributed by atoms with E-state index in [0.717, 1.165) is 57.1 Å². The minimum absolute atomic E-state index is 0.0463. The summed E-state index contributed by atoms with van der Waals surface area (Å²) in [6.45, 7) is 5.20. The van der Waals surface area contributed by atoms with Gasteiger partial charge in [0.2, 0.25) is 11.8 Å². The minimum Gasteiger partial charge on any atom is -0.356 e. The van der Waals surface area contributed by atoms with Crippen molar-refractivity contribution in [1.29, 1.82) is 0 Å². The number of carbonyl (C=O) groups excluding carboxylic acids is 3. The van der Waals surface area contributed by atoms with Crippen molar-refractivity contribution in [2.75, 3.05) is 6.54 Å². The molecule has 0 radical (unpaired) electrons. The Bertz CT molecular complexity index is 1110. The predicted molar refractivity (Wildman–Crippen MR) is 145 cm³/mol. The molecule has 2 aromatic rings. The molecule has 2 amide bonds. The third-order valence-electron chi connectivity index (χ3n) is 8.73. The van der Waals surface area contributed by atoms with Crippen LogP contribution in [0, 0.1) is 17.8 Å². The Labute approximate surface area is 221 Å². The van der Waals surface area contributed by atoms with Gasteiger partial charge in [0.05, 0.1) is 12.0 Å². The molecule has 4 fully saturated rings. The van der Waals surface area contributed by atoms with Crippen molar-refractivity contribution in [2.24, 2.45) is 17.8 Å².